The zero-order valence-electron chi connectivity index (χ0n) is 12.5. The Bertz CT molecular complexity index is 638. The molecule has 0 atom stereocenters. The first-order valence-electron chi connectivity index (χ1n) is 7.39. The average molecular weight is 313 g/mol. The highest BCUT2D eigenvalue weighted by Gasteiger charge is 2.05. The highest BCUT2D eigenvalue weighted by atomic mass is 32.2. The number of nitrogens with one attached hydrogen (secondary N) is 2. The topological polar surface area (TPSA) is 45.6 Å². The van der Waals surface area contributed by atoms with E-state index in [0.717, 1.165) is 30.5 Å². The summed E-state index contributed by atoms with van der Waals surface area (Å²) in [6.07, 6.45) is 0. The van der Waals surface area contributed by atoms with E-state index in [-0.39, 0.29) is 0 Å². The fourth-order valence-electron chi connectivity index (χ4n) is 2.13. The van der Waals surface area contributed by atoms with Gasteiger partial charge in [-0.15, -0.1) is 0 Å². The van der Waals surface area contributed by atoms with Crippen molar-refractivity contribution in [3.8, 4) is 5.75 Å². The van der Waals surface area contributed by atoms with E-state index in [1.807, 2.05) is 19.1 Å². The van der Waals surface area contributed by atoms with Gasteiger partial charge in [-0.1, -0.05) is 11.8 Å². The van der Waals surface area contributed by atoms with Gasteiger partial charge in [-0.2, -0.15) is 0 Å². The molecule has 0 radical (unpaired) electrons. The van der Waals surface area contributed by atoms with E-state index in [9.17, 15) is 0 Å². The molecule has 0 saturated heterocycles. The highest BCUT2D eigenvalue weighted by Crippen LogP contribution is 2.29. The molecular formula is C17H19N3OS. The van der Waals surface area contributed by atoms with Gasteiger partial charge in [-0.3, -0.25) is 4.99 Å². The van der Waals surface area contributed by atoms with E-state index in [1.165, 1.54) is 9.79 Å². The Morgan fingerprint density at radius 1 is 1.09 bits per heavy atom. The van der Waals surface area contributed by atoms with Crippen LogP contribution in [0.15, 0.2) is 63.3 Å². The molecule has 0 aromatic heterocycles. The lowest BCUT2D eigenvalue weighted by atomic mass is 10.3. The molecule has 0 saturated carbocycles. The second-order valence-electron chi connectivity index (χ2n) is 4.81. The van der Waals surface area contributed by atoms with Gasteiger partial charge in [-0.25, -0.2) is 0 Å². The average Bonchev–Trinajstić information content (AvgIpc) is 3.04. The van der Waals surface area contributed by atoms with Crippen molar-refractivity contribution < 1.29 is 4.74 Å². The van der Waals surface area contributed by atoms with Gasteiger partial charge < -0.3 is 15.4 Å². The molecule has 2 aromatic rings. The highest BCUT2D eigenvalue weighted by molar-refractivity contribution is 7.99. The maximum atomic E-state index is 5.46. The van der Waals surface area contributed by atoms with E-state index < -0.39 is 0 Å². The molecule has 1 aliphatic rings. The molecule has 3 rings (SSSR count). The summed E-state index contributed by atoms with van der Waals surface area (Å²) in [6.45, 7) is 4.44. The number of ether oxygens (including phenoxy) is 1. The summed E-state index contributed by atoms with van der Waals surface area (Å²) in [5.41, 5.74) is 1.05. The van der Waals surface area contributed by atoms with Crippen LogP contribution in [-0.4, -0.2) is 25.7 Å². The molecule has 0 aliphatic carbocycles. The van der Waals surface area contributed by atoms with Crippen LogP contribution in [0.5, 0.6) is 5.75 Å². The van der Waals surface area contributed by atoms with Gasteiger partial charge in [0, 0.05) is 22.0 Å². The third-order valence-corrected chi connectivity index (χ3v) is 4.18. The van der Waals surface area contributed by atoms with Crippen LogP contribution in [0.3, 0.4) is 0 Å². The Morgan fingerprint density at radius 3 is 2.36 bits per heavy atom. The molecule has 114 valence electrons. The van der Waals surface area contributed by atoms with Gasteiger partial charge >= 0.3 is 0 Å². The molecule has 4 nitrogen and oxygen atoms in total. The first-order valence-corrected chi connectivity index (χ1v) is 8.21. The largest absolute Gasteiger partial charge is 0.494 e. The van der Waals surface area contributed by atoms with Crippen LogP contribution >= 0.6 is 11.8 Å². The standard InChI is InChI=1S/C17H19N3OS/c1-2-21-14-5-9-16(10-6-14)22-15-7-3-13(4-8-15)20-17-18-11-12-19-17/h3-10H,2,11-12H2,1H3,(H2,18,19,20). The SMILES string of the molecule is CCOc1ccc(Sc2ccc(NC3=NCCN3)cc2)cc1. The molecule has 1 heterocycles. The summed E-state index contributed by atoms with van der Waals surface area (Å²) in [7, 11) is 0. The minimum atomic E-state index is 0.696. The normalized spacial score (nSPS) is 13.4. The summed E-state index contributed by atoms with van der Waals surface area (Å²) in [4.78, 5) is 6.73. The second-order valence-corrected chi connectivity index (χ2v) is 5.96. The molecule has 0 fully saturated rings. The van der Waals surface area contributed by atoms with Crippen LogP contribution in [0.4, 0.5) is 5.69 Å². The molecule has 5 heteroatoms. The molecule has 22 heavy (non-hydrogen) atoms. The van der Waals surface area contributed by atoms with Crippen molar-refractivity contribution >= 4 is 23.4 Å². The third-order valence-electron chi connectivity index (χ3n) is 3.16. The van der Waals surface area contributed by atoms with Crippen LogP contribution in [0.2, 0.25) is 0 Å². The van der Waals surface area contributed by atoms with Gasteiger partial charge in [0.2, 0.25) is 0 Å². The number of nitrogens with zero attached hydrogens (tertiary/aromatic N) is 1. The quantitative estimate of drug-likeness (QED) is 0.885. The molecule has 0 bridgehead atoms. The summed E-state index contributed by atoms with van der Waals surface area (Å²) < 4.78 is 5.46. The van der Waals surface area contributed by atoms with E-state index >= 15 is 0 Å². The maximum Gasteiger partial charge on any atom is 0.195 e. The van der Waals surface area contributed by atoms with Crippen LogP contribution < -0.4 is 15.4 Å². The van der Waals surface area contributed by atoms with Gasteiger partial charge in [-0.05, 0) is 55.5 Å². The van der Waals surface area contributed by atoms with Crippen LogP contribution in [0.25, 0.3) is 0 Å². The first kappa shape index (κ1) is 14.8. The zero-order chi connectivity index (χ0) is 15.2. The Balaban J connectivity index is 1.60. The third kappa shape index (κ3) is 3.95. The Kier molecular flexibility index (Phi) is 4.85. The van der Waals surface area contributed by atoms with Gasteiger partial charge in [0.05, 0.1) is 13.2 Å². The van der Waals surface area contributed by atoms with Gasteiger partial charge in [0.1, 0.15) is 5.75 Å². The number of hydrogen-bond donors (Lipinski definition) is 2. The predicted octanol–water partition coefficient (Wildman–Crippen LogP) is 3.61. The lowest BCUT2D eigenvalue weighted by molar-refractivity contribution is 0.340. The molecule has 0 amide bonds. The van der Waals surface area contributed by atoms with Gasteiger partial charge in [0.25, 0.3) is 0 Å². The number of guanidine groups is 1. The monoisotopic (exact) mass is 313 g/mol. The summed E-state index contributed by atoms with van der Waals surface area (Å²) in [5, 5.41) is 6.46. The smallest absolute Gasteiger partial charge is 0.195 e. The minimum Gasteiger partial charge on any atom is -0.494 e. The van der Waals surface area contributed by atoms with Crippen molar-refractivity contribution in [3.63, 3.8) is 0 Å². The lowest BCUT2D eigenvalue weighted by Crippen LogP contribution is -2.26. The van der Waals surface area contributed by atoms with E-state index in [4.69, 9.17) is 4.74 Å². The van der Waals surface area contributed by atoms with E-state index in [1.54, 1.807) is 11.8 Å². The molecular weight excluding hydrogens is 294 g/mol. The molecule has 2 aromatic carbocycles. The van der Waals surface area contributed by atoms with Crippen molar-refractivity contribution in [2.75, 3.05) is 25.0 Å². The van der Waals surface area contributed by atoms with Crippen LogP contribution in [0.1, 0.15) is 6.92 Å². The van der Waals surface area contributed by atoms with Crippen LogP contribution in [0, 0.1) is 0 Å². The minimum absolute atomic E-state index is 0.696. The maximum absolute atomic E-state index is 5.46. The first-order chi connectivity index (χ1) is 10.8. The molecule has 0 spiro atoms. The van der Waals surface area contributed by atoms with E-state index in [0.29, 0.717) is 6.61 Å². The second kappa shape index (κ2) is 7.22. The summed E-state index contributed by atoms with van der Waals surface area (Å²) in [5.74, 6) is 1.77. The number of anilines is 1. The van der Waals surface area contributed by atoms with Gasteiger partial charge in [0.15, 0.2) is 5.96 Å². The fraction of sp³-hybridized carbons (Fsp3) is 0.235. The van der Waals surface area contributed by atoms with Crippen molar-refractivity contribution in [2.24, 2.45) is 4.99 Å². The summed E-state index contributed by atoms with van der Waals surface area (Å²) in [6, 6.07) is 16.5. The predicted molar refractivity (Wildman–Crippen MR) is 92.1 cm³/mol. The lowest BCUT2D eigenvalue weighted by Gasteiger charge is -2.08. The number of rotatable bonds is 5. The van der Waals surface area contributed by atoms with Crippen LogP contribution in [-0.2, 0) is 0 Å². The number of aliphatic imine (C=N–C) groups is 1. The molecule has 2 N–H and O–H groups in total. The Hall–Kier alpha value is -2.14. The Labute approximate surface area is 135 Å². The number of benzene rings is 2. The fourth-order valence-corrected chi connectivity index (χ4v) is 2.95. The summed E-state index contributed by atoms with van der Waals surface area (Å²) >= 11 is 1.74. The molecule has 0 unspecified atom stereocenters. The van der Waals surface area contributed by atoms with Crippen molar-refractivity contribution in [3.05, 3.63) is 48.5 Å². The van der Waals surface area contributed by atoms with Crippen molar-refractivity contribution in [2.45, 2.75) is 16.7 Å². The number of hydrogen-bond acceptors (Lipinski definition) is 5. The van der Waals surface area contributed by atoms with Crippen molar-refractivity contribution in [1.29, 1.82) is 0 Å². The van der Waals surface area contributed by atoms with E-state index in [2.05, 4.69) is 52.0 Å². The zero-order valence-corrected chi connectivity index (χ0v) is 13.3. The molecule has 1 aliphatic heterocycles. The van der Waals surface area contributed by atoms with Crippen molar-refractivity contribution in [1.82, 2.24) is 5.32 Å². The Morgan fingerprint density at radius 2 is 1.77 bits per heavy atom.